The second kappa shape index (κ2) is 10.4. The Labute approximate surface area is 160 Å². The molecule has 5 nitrogen and oxygen atoms in total. The van der Waals surface area contributed by atoms with Crippen LogP contribution < -0.4 is 5.32 Å². The molecule has 1 aromatic heterocycles. The number of nitrogens with one attached hydrogen (secondary N) is 1. The molecule has 0 bridgehead atoms. The van der Waals surface area contributed by atoms with E-state index in [-0.39, 0.29) is 24.9 Å². The van der Waals surface area contributed by atoms with Gasteiger partial charge in [-0.2, -0.15) is 0 Å². The van der Waals surface area contributed by atoms with Gasteiger partial charge in [-0.15, -0.1) is 12.4 Å². The quantitative estimate of drug-likeness (QED) is 0.776. The number of carbonyl (C=O) groups is 1. The molecule has 3 rings (SSSR count). The zero-order valence-corrected chi connectivity index (χ0v) is 15.7. The highest BCUT2D eigenvalue weighted by Gasteiger charge is 2.24. The largest absolute Gasteiger partial charge is 0.467 e. The van der Waals surface area contributed by atoms with Crippen LogP contribution in [0.25, 0.3) is 0 Å². The lowest BCUT2D eigenvalue weighted by molar-refractivity contribution is -0.134. The average Bonchev–Trinajstić information content (AvgIpc) is 3.18. The number of hydrogen-bond acceptors (Lipinski definition) is 4. The highest BCUT2D eigenvalue weighted by Crippen LogP contribution is 2.21. The van der Waals surface area contributed by atoms with Crippen LogP contribution in [0.15, 0.2) is 53.1 Å². The van der Waals surface area contributed by atoms with E-state index in [0.717, 1.165) is 31.5 Å². The van der Waals surface area contributed by atoms with Gasteiger partial charge in [-0.1, -0.05) is 30.3 Å². The number of furan rings is 1. The van der Waals surface area contributed by atoms with Crippen molar-refractivity contribution in [3.63, 3.8) is 0 Å². The average molecular weight is 379 g/mol. The summed E-state index contributed by atoms with van der Waals surface area (Å²) in [5.41, 5.74) is 1.06. The smallest absolute Gasteiger partial charge is 0.223 e. The number of piperidine rings is 1. The summed E-state index contributed by atoms with van der Waals surface area (Å²) in [6.45, 7) is 2.70. The van der Waals surface area contributed by atoms with Crippen LogP contribution in [0, 0.1) is 5.92 Å². The molecule has 0 saturated carbocycles. The van der Waals surface area contributed by atoms with Crippen LogP contribution in [0.5, 0.6) is 0 Å². The van der Waals surface area contributed by atoms with Gasteiger partial charge in [0, 0.05) is 13.0 Å². The third-order valence-electron chi connectivity index (χ3n) is 4.76. The van der Waals surface area contributed by atoms with Crippen molar-refractivity contribution in [1.82, 2.24) is 10.2 Å². The summed E-state index contributed by atoms with van der Waals surface area (Å²) in [6, 6.07) is 13.4. The Morgan fingerprint density at radius 3 is 2.58 bits per heavy atom. The Balaban J connectivity index is 0.00000243. The number of nitrogens with zero attached hydrogens (tertiary/aromatic N) is 1. The van der Waals surface area contributed by atoms with Crippen molar-refractivity contribution in [2.75, 3.05) is 19.6 Å². The highest BCUT2D eigenvalue weighted by molar-refractivity contribution is 5.85. The van der Waals surface area contributed by atoms with Gasteiger partial charge in [-0.05, 0) is 49.5 Å². The van der Waals surface area contributed by atoms with Crippen LogP contribution in [0.3, 0.4) is 0 Å². The van der Waals surface area contributed by atoms with Crippen molar-refractivity contribution >= 4 is 18.3 Å². The van der Waals surface area contributed by atoms with Crippen LogP contribution in [-0.2, 0) is 11.3 Å². The molecule has 2 heterocycles. The SMILES string of the molecule is Cl.O=C(CC1CCNCC1)N(Cc1ccccc1)CC(O)c1ccco1. The second-order valence-corrected chi connectivity index (χ2v) is 6.69. The first-order chi connectivity index (χ1) is 12.2. The molecule has 2 aromatic rings. The zero-order valence-electron chi connectivity index (χ0n) is 14.8. The van der Waals surface area contributed by atoms with E-state index < -0.39 is 6.10 Å². The predicted octanol–water partition coefficient (Wildman–Crippen LogP) is 3.15. The molecule has 2 N–H and O–H groups in total. The summed E-state index contributed by atoms with van der Waals surface area (Å²) in [7, 11) is 0. The molecule has 1 atom stereocenters. The predicted molar refractivity (Wildman–Crippen MR) is 103 cm³/mol. The zero-order chi connectivity index (χ0) is 17.5. The van der Waals surface area contributed by atoms with Crippen molar-refractivity contribution in [2.45, 2.75) is 31.9 Å². The summed E-state index contributed by atoms with van der Waals surface area (Å²) in [5.74, 6) is 1.02. The number of amides is 1. The first-order valence-electron chi connectivity index (χ1n) is 8.96. The van der Waals surface area contributed by atoms with E-state index >= 15 is 0 Å². The second-order valence-electron chi connectivity index (χ2n) is 6.69. The van der Waals surface area contributed by atoms with Crippen molar-refractivity contribution in [3.05, 3.63) is 60.1 Å². The van der Waals surface area contributed by atoms with Crippen LogP contribution in [0.1, 0.15) is 36.7 Å². The van der Waals surface area contributed by atoms with E-state index in [0.29, 0.717) is 24.6 Å². The summed E-state index contributed by atoms with van der Waals surface area (Å²) in [6.07, 6.45) is 3.34. The topological polar surface area (TPSA) is 65.7 Å². The molecule has 1 aliphatic rings. The molecular weight excluding hydrogens is 352 g/mol. The molecule has 1 saturated heterocycles. The van der Waals surface area contributed by atoms with Gasteiger partial charge in [-0.3, -0.25) is 4.79 Å². The summed E-state index contributed by atoms with van der Waals surface area (Å²) in [4.78, 5) is 14.6. The minimum atomic E-state index is -0.810. The van der Waals surface area contributed by atoms with Crippen molar-refractivity contribution in [3.8, 4) is 0 Å². The first kappa shape index (κ1) is 20.5. The van der Waals surface area contributed by atoms with E-state index in [4.69, 9.17) is 4.42 Å². The molecule has 1 aliphatic heterocycles. The Kier molecular flexibility index (Phi) is 8.16. The van der Waals surface area contributed by atoms with Crippen molar-refractivity contribution < 1.29 is 14.3 Å². The molecule has 1 unspecified atom stereocenters. The molecule has 1 fully saturated rings. The number of aliphatic hydroxyl groups is 1. The molecule has 142 valence electrons. The Hall–Kier alpha value is -1.82. The lowest BCUT2D eigenvalue weighted by atomic mass is 9.94. The number of benzene rings is 1. The number of aliphatic hydroxyl groups excluding tert-OH is 1. The monoisotopic (exact) mass is 378 g/mol. The van der Waals surface area contributed by atoms with Crippen LogP contribution in [-0.4, -0.2) is 35.5 Å². The number of rotatable bonds is 7. The normalized spacial score (nSPS) is 15.9. The third kappa shape index (κ3) is 5.87. The molecule has 1 aromatic carbocycles. The minimum absolute atomic E-state index is 0. The fraction of sp³-hybridized carbons (Fsp3) is 0.450. The van der Waals surface area contributed by atoms with Gasteiger partial charge >= 0.3 is 0 Å². The summed E-state index contributed by atoms with van der Waals surface area (Å²) >= 11 is 0. The van der Waals surface area contributed by atoms with Gasteiger partial charge in [0.05, 0.1) is 12.8 Å². The minimum Gasteiger partial charge on any atom is -0.467 e. The number of hydrogen-bond donors (Lipinski definition) is 2. The Bertz CT molecular complexity index is 642. The molecule has 1 amide bonds. The van der Waals surface area contributed by atoms with Gasteiger partial charge in [0.1, 0.15) is 11.9 Å². The van der Waals surface area contributed by atoms with E-state index in [1.165, 1.54) is 6.26 Å². The lowest BCUT2D eigenvalue weighted by Gasteiger charge is -2.28. The van der Waals surface area contributed by atoms with Gasteiger partial charge in [0.2, 0.25) is 5.91 Å². The Morgan fingerprint density at radius 2 is 1.92 bits per heavy atom. The van der Waals surface area contributed by atoms with Gasteiger partial charge in [0.15, 0.2) is 0 Å². The standard InChI is InChI=1S/C20H26N2O3.ClH/c23-18(19-7-4-12-25-19)15-22(14-17-5-2-1-3-6-17)20(24)13-16-8-10-21-11-9-16;/h1-7,12,16,18,21,23H,8-11,13-15H2;1H. The third-order valence-corrected chi connectivity index (χ3v) is 4.76. The van der Waals surface area contributed by atoms with Crippen LogP contribution in [0.2, 0.25) is 0 Å². The lowest BCUT2D eigenvalue weighted by Crippen LogP contribution is -2.37. The van der Waals surface area contributed by atoms with E-state index in [1.807, 2.05) is 30.3 Å². The molecular formula is C20H27ClN2O3. The van der Waals surface area contributed by atoms with Crippen LogP contribution >= 0.6 is 12.4 Å². The Morgan fingerprint density at radius 1 is 1.19 bits per heavy atom. The fourth-order valence-corrected chi connectivity index (χ4v) is 3.30. The number of halogens is 1. The van der Waals surface area contributed by atoms with E-state index in [2.05, 4.69) is 5.32 Å². The fourth-order valence-electron chi connectivity index (χ4n) is 3.30. The maximum atomic E-state index is 12.9. The van der Waals surface area contributed by atoms with E-state index in [9.17, 15) is 9.90 Å². The van der Waals surface area contributed by atoms with Gasteiger partial charge in [-0.25, -0.2) is 0 Å². The van der Waals surface area contributed by atoms with E-state index in [1.54, 1.807) is 17.0 Å². The molecule has 0 radical (unpaired) electrons. The summed E-state index contributed by atoms with van der Waals surface area (Å²) in [5, 5.41) is 13.7. The first-order valence-corrected chi connectivity index (χ1v) is 8.96. The van der Waals surface area contributed by atoms with Crippen molar-refractivity contribution in [1.29, 1.82) is 0 Å². The molecule has 26 heavy (non-hydrogen) atoms. The molecule has 0 aliphatic carbocycles. The maximum absolute atomic E-state index is 12.9. The number of carbonyl (C=O) groups excluding carboxylic acids is 1. The molecule has 0 spiro atoms. The van der Waals surface area contributed by atoms with Crippen LogP contribution in [0.4, 0.5) is 0 Å². The molecule has 6 heteroatoms. The summed E-state index contributed by atoms with van der Waals surface area (Å²) < 4.78 is 5.28. The highest BCUT2D eigenvalue weighted by atomic mass is 35.5. The maximum Gasteiger partial charge on any atom is 0.223 e. The van der Waals surface area contributed by atoms with Gasteiger partial charge < -0.3 is 19.7 Å². The van der Waals surface area contributed by atoms with Crippen molar-refractivity contribution in [2.24, 2.45) is 5.92 Å². The van der Waals surface area contributed by atoms with Gasteiger partial charge in [0.25, 0.3) is 0 Å².